The Bertz CT molecular complexity index is 744. The molecule has 154 valence electrons. The summed E-state index contributed by atoms with van der Waals surface area (Å²) in [7, 11) is -2.18. The van der Waals surface area contributed by atoms with E-state index in [0.29, 0.717) is 0 Å². The lowest BCUT2D eigenvalue weighted by Gasteiger charge is -2.42. The van der Waals surface area contributed by atoms with E-state index in [1.54, 1.807) is 26.8 Å². The molecule has 0 bridgehead atoms. The van der Waals surface area contributed by atoms with Crippen molar-refractivity contribution in [1.29, 1.82) is 0 Å². The molecular weight excluding hydrogens is 370 g/mol. The standard InChI is InChI=1S/C22H33NO4Si/c1-21(2,3)26-20(25)23-17(14-15-18(23)24)19(16-12-10-9-11-13-16)27-28(7,8)22(4,5)6/h9-15,17,19H,1-8H3/t17?,19-/m0/s1. The summed E-state index contributed by atoms with van der Waals surface area (Å²) in [5, 5.41) is -0.0108. The van der Waals surface area contributed by atoms with Crippen molar-refractivity contribution in [3.63, 3.8) is 0 Å². The summed E-state index contributed by atoms with van der Waals surface area (Å²) in [6, 6.07) is 9.22. The molecule has 1 aromatic rings. The minimum absolute atomic E-state index is 0.0108. The number of carbonyl (C=O) groups is 2. The summed E-state index contributed by atoms with van der Waals surface area (Å²) in [6.07, 6.45) is 2.08. The van der Waals surface area contributed by atoms with Crippen LogP contribution < -0.4 is 0 Å². The van der Waals surface area contributed by atoms with Crippen LogP contribution in [0.1, 0.15) is 53.2 Å². The smallest absolute Gasteiger partial charge is 0.417 e. The predicted molar refractivity (Wildman–Crippen MR) is 113 cm³/mol. The molecule has 0 aliphatic carbocycles. The number of benzene rings is 1. The molecule has 1 aliphatic rings. The molecule has 6 heteroatoms. The summed E-state index contributed by atoms with van der Waals surface area (Å²) < 4.78 is 12.2. The number of hydrogen-bond acceptors (Lipinski definition) is 4. The van der Waals surface area contributed by atoms with Crippen molar-refractivity contribution in [2.45, 2.75) is 77.4 Å². The van der Waals surface area contributed by atoms with Gasteiger partial charge in [-0.1, -0.05) is 57.2 Å². The molecule has 2 rings (SSSR count). The molecule has 0 N–H and O–H groups in total. The molecule has 28 heavy (non-hydrogen) atoms. The van der Waals surface area contributed by atoms with Gasteiger partial charge in [-0.25, -0.2) is 9.69 Å². The maximum atomic E-state index is 12.8. The molecule has 1 aliphatic heterocycles. The Morgan fingerprint density at radius 3 is 2.14 bits per heavy atom. The van der Waals surface area contributed by atoms with E-state index in [0.717, 1.165) is 5.56 Å². The van der Waals surface area contributed by atoms with Gasteiger partial charge in [-0.15, -0.1) is 0 Å². The van der Waals surface area contributed by atoms with Gasteiger partial charge in [0.2, 0.25) is 0 Å². The van der Waals surface area contributed by atoms with E-state index >= 15 is 0 Å². The molecule has 1 heterocycles. The molecule has 0 fully saturated rings. The third-order valence-electron chi connectivity index (χ3n) is 5.23. The molecule has 0 aromatic heterocycles. The van der Waals surface area contributed by atoms with Crippen molar-refractivity contribution in [3.05, 3.63) is 48.0 Å². The van der Waals surface area contributed by atoms with E-state index < -0.39 is 32.2 Å². The number of ether oxygens (including phenoxy) is 1. The minimum Gasteiger partial charge on any atom is -0.443 e. The number of rotatable bonds is 4. The zero-order valence-corrected chi connectivity index (χ0v) is 19.3. The third-order valence-corrected chi connectivity index (χ3v) is 9.68. The fourth-order valence-electron chi connectivity index (χ4n) is 2.73. The molecule has 5 nitrogen and oxygen atoms in total. The van der Waals surface area contributed by atoms with Gasteiger partial charge in [0.15, 0.2) is 8.32 Å². The van der Waals surface area contributed by atoms with Crippen LogP contribution in [0, 0.1) is 0 Å². The fourth-order valence-corrected chi connectivity index (χ4v) is 3.99. The van der Waals surface area contributed by atoms with E-state index in [-0.39, 0.29) is 10.9 Å². The van der Waals surface area contributed by atoms with Gasteiger partial charge in [0.1, 0.15) is 5.60 Å². The zero-order valence-electron chi connectivity index (χ0n) is 18.3. The van der Waals surface area contributed by atoms with Crippen molar-refractivity contribution in [3.8, 4) is 0 Å². The van der Waals surface area contributed by atoms with E-state index in [1.807, 2.05) is 30.3 Å². The van der Waals surface area contributed by atoms with Gasteiger partial charge in [-0.2, -0.15) is 0 Å². The summed E-state index contributed by atoms with van der Waals surface area (Å²) in [5.74, 6) is -0.376. The SMILES string of the molecule is CC(C)(C)OC(=O)N1C(=O)C=CC1[C@@H](O[Si](C)(C)C(C)(C)C)c1ccccc1. The van der Waals surface area contributed by atoms with E-state index in [2.05, 4.69) is 33.9 Å². The lowest BCUT2D eigenvalue weighted by Crippen LogP contribution is -2.49. The number of nitrogens with zero attached hydrogens (tertiary/aromatic N) is 1. The highest BCUT2D eigenvalue weighted by Crippen LogP contribution is 2.42. The van der Waals surface area contributed by atoms with Crippen molar-refractivity contribution in [1.82, 2.24) is 4.90 Å². The van der Waals surface area contributed by atoms with E-state index in [1.165, 1.54) is 11.0 Å². The molecular formula is C22H33NO4Si. The maximum Gasteiger partial charge on any atom is 0.417 e. The minimum atomic E-state index is -2.18. The Labute approximate surface area is 169 Å². The average molecular weight is 404 g/mol. The fraction of sp³-hybridized carbons (Fsp3) is 0.545. The lowest BCUT2D eigenvalue weighted by atomic mass is 10.0. The first kappa shape index (κ1) is 22.4. The quantitative estimate of drug-likeness (QED) is 0.627. The Balaban J connectivity index is 2.43. The maximum absolute atomic E-state index is 12.8. The highest BCUT2D eigenvalue weighted by Gasteiger charge is 2.45. The average Bonchev–Trinajstić information content (AvgIpc) is 2.92. The van der Waals surface area contributed by atoms with Crippen LogP contribution in [0.4, 0.5) is 4.79 Å². The van der Waals surface area contributed by atoms with Crippen molar-refractivity contribution >= 4 is 20.3 Å². The van der Waals surface area contributed by atoms with Crippen molar-refractivity contribution < 1.29 is 18.8 Å². The van der Waals surface area contributed by atoms with Gasteiger partial charge < -0.3 is 9.16 Å². The monoisotopic (exact) mass is 403 g/mol. The normalized spacial score (nSPS) is 19.1. The molecule has 1 aromatic carbocycles. The van der Waals surface area contributed by atoms with Gasteiger partial charge in [0.05, 0.1) is 12.1 Å². The van der Waals surface area contributed by atoms with Gasteiger partial charge in [0.25, 0.3) is 5.91 Å². The van der Waals surface area contributed by atoms with Gasteiger partial charge in [-0.3, -0.25) is 4.79 Å². The topological polar surface area (TPSA) is 55.8 Å². The second kappa shape index (κ2) is 7.83. The van der Waals surface area contributed by atoms with Crippen LogP contribution in [-0.4, -0.2) is 36.9 Å². The van der Waals surface area contributed by atoms with E-state index in [4.69, 9.17) is 9.16 Å². The number of imide groups is 1. The van der Waals surface area contributed by atoms with E-state index in [9.17, 15) is 9.59 Å². The molecule has 0 saturated carbocycles. The van der Waals surface area contributed by atoms with Gasteiger partial charge in [0, 0.05) is 6.08 Å². The summed E-state index contributed by atoms with van der Waals surface area (Å²) in [6.45, 7) is 16.2. The van der Waals surface area contributed by atoms with Crippen LogP contribution in [0.3, 0.4) is 0 Å². The zero-order chi connectivity index (χ0) is 21.3. The molecule has 1 unspecified atom stereocenters. The number of carbonyl (C=O) groups excluding carboxylic acids is 2. The van der Waals surface area contributed by atoms with Crippen LogP contribution in [0.15, 0.2) is 42.5 Å². The highest BCUT2D eigenvalue weighted by atomic mass is 28.4. The van der Waals surface area contributed by atoms with Crippen LogP contribution in [-0.2, 0) is 14.0 Å². The molecule has 0 radical (unpaired) electrons. The second-order valence-corrected chi connectivity index (χ2v) is 14.5. The largest absolute Gasteiger partial charge is 0.443 e. The highest BCUT2D eigenvalue weighted by molar-refractivity contribution is 6.74. The van der Waals surface area contributed by atoms with Gasteiger partial charge in [-0.05, 0) is 44.5 Å². The van der Waals surface area contributed by atoms with Gasteiger partial charge >= 0.3 is 6.09 Å². The molecule has 2 atom stereocenters. The van der Waals surface area contributed by atoms with Crippen LogP contribution >= 0.6 is 0 Å². The number of hydrogen-bond donors (Lipinski definition) is 0. The summed E-state index contributed by atoms with van der Waals surface area (Å²) >= 11 is 0. The van der Waals surface area contributed by atoms with Crippen LogP contribution in [0.25, 0.3) is 0 Å². The first-order chi connectivity index (χ1) is 12.7. The first-order valence-corrected chi connectivity index (χ1v) is 12.6. The second-order valence-electron chi connectivity index (χ2n) is 9.75. The molecule has 0 saturated heterocycles. The molecule has 0 spiro atoms. The Hall–Kier alpha value is -1.92. The van der Waals surface area contributed by atoms with Crippen molar-refractivity contribution in [2.75, 3.05) is 0 Å². The Morgan fingerprint density at radius 2 is 1.64 bits per heavy atom. The Kier molecular flexibility index (Phi) is 6.26. The predicted octanol–water partition coefficient (Wildman–Crippen LogP) is 5.45. The first-order valence-electron chi connectivity index (χ1n) is 9.70. The Morgan fingerprint density at radius 1 is 1.07 bits per heavy atom. The lowest BCUT2D eigenvalue weighted by molar-refractivity contribution is -0.126. The summed E-state index contributed by atoms with van der Waals surface area (Å²) in [4.78, 5) is 26.5. The van der Waals surface area contributed by atoms with Crippen LogP contribution in [0.2, 0.25) is 18.1 Å². The molecule has 2 amide bonds. The number of amides is 2. The van der Waals surface area contributed by atoms with Crippen LogP contribution in [0.5, 0.6) is 0 Å². The third kappa shape index (κ3) is 5.11. The summed E-state index contributed by atoms with van der Waals surface area (Å²) in [5.41, 5.74) is 0.248. The van der Waals surface area contributed by atoms with Crippen molar-refractivity contribution in [2.24, 2.45) is 0 Å².